The Hall–Kier alpha value is -0.810. The first-order chi connectivity index (χ1) is 13.0. The van der Waals surface area contributed by atoms with E-state index in [4.69, 9.17) is 0 Å². The standard InChI is InChI=1S/C23H35N3O.2ClH/c1-17-14-26(16-19-7-5-4-6-8-19)15-18(2)21(17)25(3)22(27)20-13-23(20)9-11-24-12-10-23;;/h4-8,17-18,20-21,24H,9-16H2,1-3H3;2*1H. The number of nitrogens with zero attached hydrogens (tertiary/aromatic N) is 2. The number of benzene rings is 1. The molecule has 1 N–H and O–H groups in total. The Morgan fingerprint density at radius 2 is 1.69 bits per heavy atom. The van der Waals surface area contributed by atoms with Crippen molar-refractivity contribution in [3.63, 3.8) is 0 Å². The minimum absolute atomic E-state index is 0. The van der Waals surface area contributed by atoms with Gasteiger partial charge in [0.15, 0.2) is 0 Å². The minimum atomic E-state index is 0. The zero-order chi connectivity index (χ0) is 19.0. The van der Waals surface area contributed by atoms with Gasteiger partial charge in [0.2, 0.25) is 5.91 Å². The molecule has 2 heterocycles. The highest BCUT2D eigenvalue weighted by atomic mass is 35.5. The fraction of sp³-hybridized carbons (Fsp3) is 0.696. The molecule has 164 valence electrons. The van der Waals surface area contributed by atoms with E-state index in [2.05, 4.69) is 66.3 Å². The molecule has 4 nitrogen and oxygen atoms in total. The van der Waals surface area contributed by atoms with Crippen molar-refractivity contribution in [2.75, 3.05) is 33.2 Å². The molecule has 4 rings (SSSR count). The van der Waals surface area contributed by atoms with Gasteiger partial charge in [0, 0.05) is 38.6 Å². The molecular weight excluding hydrogens is 405 g/mol. The zero-order valence-corrected chi connectivity index (χ0v) is 19.6. The maximum absolute atomic E-state index is 13.2. The molecule has 3 unspecified atom stereocenters. The molecule has 6 heteroatoms. The van der Waals surface area contributed by atoms with Gasteiger partial charge in [-0.25, -0.2) is 0 Å². The van der Waals surface area contributed by atoms with Crippen molar-refractivity contribution in [1.82, 2.24) is 15.1 Å². The van der Waals surface area contributed by atoms with Crippen LogP contribution in [0.1, 0.15) is 38.7 Å². The minimum Gasteiger partial charge on any atom is -0.342 e. The summed E-state index contributed by atoms with van der Waals surface area (Å²) in [6, 6.07) is 11.1. The van der Waals surface area contributed by atoms with Crippen LogP contribution in [0.15, 0.2) is 30.3 Å². The van der Waals surface area contributed by atoms with Crippen LogP contribution in [-0.4, -0.2) is 55.0 Å². The molecule has 1 saturated carbocycles. The summed E-state index contributed by atoms with van der Waals surface area (Å²) in [4.78, 5) is 17.9. The third-order valence-corrected chi connectivity index (χ3v) is 7.39. The van der Waals surface area contributed by atoms with Crippen LogP contribution >= 0.6 is 24.8 Å². The van der Waals surface area contributed by atoms with Gasteiger partial charge in [-0.1, -0.05) is 44.2 Å². The van der Waals surface area contributed by atoms with E-state index < -0.39 is 0 Å². The summed E-state index contributed by atoms with van der Waals surface area (Å²) in [6.45, 7) is 9.97. The lowest BCUT2D eigenvalue weighted by Gasteiger charge is -2.45. The summed E-state index contributed by atoms with van der Waals surface area (Å²) in [5.41, 5.74) is 1.71. The molecule has 1 aromatic rings. The fourth-order valence-electron chi connectivity index (χ4n) is 5.97. The van der Waals surface area contributed by atoms with Gasteiger partial charge < -0.3 is 10.2 Å². The van der Waals surface area contributed by atoms with Crippen LogP contribution < -0.4 is 5.32 Å². The van der Waals surface area contributed by atoms with Crippen molar-refractivity contribution in [2.24, 2.45) is 23.2 Å². The maximum atomic E-state index is 13.2. The second-order valence-electron chi connectivity index (χ2n) is 9.44. The molecule has 0 aromatic heterocycles. The summed E-state index contributed by atoms with van der Waals surface area (Å²) in [5, 5.41) is 3.44. The first kappa shape index (κ1) is 24.5. The number of hydrogen-bond donors (Lipinski definition) is 1. The van der Waals surface area contributed by atoms with Gasteiger partial charge in [-0.05, 0) is 55.2 Å². The Bertz CT molecular complexity index is 653. The average molecular weight is 442 g/mol. The largest absolute Gasteiger partial charge is 0.342 e. The van der Waals surface area contributed by atoms with Gasteiger partial charge in [-0.15, -0.1) is 24.8 Å². The highest BCUT2D eigenvalue weighted by Crippen LogP contribution is 2.59. The van der Waals surface area contributed by atoms with E-state index in [1.165, 1.54) is 18.4 Å². The van der Waals surface area contributed by atoms with E-state index in [9.17, 15) is 4.79 Å². The maximum Gasteiger partial charge on any atom is 0.226 e. The molecule has 29 heavy (non-hydrogen) atoms. The van der Waals surface area contributed by atoms with Gasteiger partial charge in [0.05, 0.1) is 0 Å². The first-order valence-corrected chi connectivity index (χ1v) is 10.7. The van der Waals surface area contributed by atoms with E-state index in [0.717, 1.165) is 39.1 Å². The summed E-state index contributed by atoms with van der Waals surface area (Å²) < 4.78 is 0. The fourth-order valence-corrected chi connectivity index (χ4v) is 5.97. The van der Waals surface area contributed by atoms with E-state index >= 15 is 0 Å². The number of hydrogen-bond acceptors (Lipinski definition) is 3. The second-order valence-corrected chi connectivity index (χ2v) is 9.44. The van der Waals surface area contributed by atoms with Gasteiger partial charge in [-0.3, -0.25) is 9.69 Å². The SMILES string of the molecule is CC1CN(Cc2ccccc2)CC(C)C1N(C)C(=O)C1CC12CCNCC2.Cl.Cl. The lowest BCUT2D eigenvalue weighted by molar-refractivity contribution is -0.138. The van der Waals surface area contributed by atoms with Crippen molar-refractivity contribution >= 4 is 30.7 Å². The van der Waals surface area contributed by atoms with Crippen molar-refractivity contribution in [1.29, 1.82) is 0 Å². The average Bonchev–Trinajstić information content (AvgIpc) is 3.34. The molecule has 3 fully saturated rings. The van der Waals surface area contributed by atoms with Crippen molar-refractivity contribution in [3.05, 3.63) is 35.9 Å². The molecule has 1 aromatic carbocycles. The Morgan fingerprint density at radius 1 is 1.10 bits per heavy atom. The summed E-state index contributed by atoms with van der Waals surface area (Å²) in [6.07, 6.45) is 3.48. The second kappa shape index (κ2) is 10.00. The Morgan fingerprint density at radius 3 is 2.28 bits per heavy atom. The molecule has 3 aliphatic rings. The number of likely N-dealkylation sites (tertiary alicyclic amines) is 1. The summed E-state index contributed by atoms with van der Waals surface area (Å²) in [5.74, 6) is 1.71. The number of amides is 1. The molecule has 1 amide bonds. The lowest BCUT2D eigenvalue weighted by atomic mass is 9.84. The van der Waals surface area contributed by atoms with E-state index in [0.29, 0.717) is 29.2 Å². The van der Waals surface area contributed by atoms with Crippen LogP contribution in [0.5, 0.6) is 0 Å². The first-order valence-electron chi connectivity index (χ1n) is 10.7. The van der Waals surface area contributed by atoms with Crippen molar-refractivity contribution in [2.45, 2.75) is 45.7 Å². The number of rotatable bonds is 4. The van der Waals surface area contributed by atoms with Crippen LogP contribution in [-0.2, 0) is 11.3 Å². The van der Waals surface area contributed by atoms with Crippen LogP contribution in [0, 0.1) is 23.2 Å². The normalized spacial score (nSPS) is 30.7. The molecule has 0 bridgehead atoms. The van der Waals surface area contributed by atoms with E-state index in [1.807, 2.05) is 0 Å². The number of piperidine rings is 2. The quantitative estimate of drug-likeness (QED) is 0.770. The van der Waals surface area contributed by atoms with Gasteiger partial charge in [0.1, 0.15) is 0 Å². The van der Waals surface area contributed by atoms with Gasteiger partial charge in [-0.2, -0.15) is 0 Å². The topological polar surface area (TPSA) is 35.6 Å². The van der Waals surface area contributed by atoms with Crippen LogP contribution in [0.2, 0.25) is 0 Å². The van der Waals surface area contributed by atoms with E-state index in [-0.39, 0.29) is 30.7 Å². The number of halogens is 2. The predicted octanol–water partition coefficient (Wildman–Crippen LogP) is 3.83. The molecule has 1 aliphatic carbocycles. The molecule has 2 aliphatic heterocycles. The van der Waals surface area contributed by atoms with Crippen LogP contribution in [0.4, 0.5) is 0 Å². The smallest absolute Gasteiger partial charge is 0.226 e. The highest BCUT2D eigenvalue weighted by Gasteiger charge is 2.59. The Labute approximate surface area is 188 Å². The number of carbonyl (C=O) groups excluding carboxylic acids is 1. The predicted molar refractivity (Wildman–Crippen MR) is 124 cm³/mol. The van der Waals surface area contributed by atoms with Gasteiger partial charge in [0.25, 0.3) is 0 Å². The van der Waals surface area contributed by atoms with Crippen LogP contribution in [0.25, 0.3) is 0 Å². The van der Waals surface area contributed by atoms with E-state index in [1.54, 1.807) is 0 Å². The Balaban J connectivity index is 0.00000150. The van der Waals surface area contributed by atoms with Gasteiger partial charge >= 0.3 is 0 Å². The summed E-state index contributed by atoms with van der Waals surface area (Å²) >= 11 is 0. The molecule has 2 saturated heterocycles. The highest BCUT2D eigenvalue weighted by molar-refractivity contribution is 5.85. The van der Waals surface area contributed by atoms with Crippen molar-refractivity contribution < 1.29 is 4.79 Å². The third kappa shape index (κ3) is 5.10. The number of nitrogens with one attached hydrogen (secondary N) is 1. The Kier molecular flexibility index (Phi) is 8.43. The summed E-state index contributed by atoms with van der Waals surface area (Å²) in [7, 11) is 2.07. The molecular formula is C23H37Cl2N3O. The monoisotopic (exact) mass is 441 g/mol. The lowest BCUT2D eigenvalue weighted by Crippen LogP contribution is -2.55. The molecule has 3 atom stereocenters. The number of carbonyl (C=O) groups is 1. The zero-order valence-electron chi connectivity index (χ0n) is 18.0. The van der Waals surface area contributed by atoms with Crippen LogP contribution in [0.3, 0.4) is 0 Å². The molecule has 0 radical (unpaired) electrons. The third-order valence-electron chi connectivity index (χ3n) is 7.39. The molecule has 1 spiro atoms. The van der Waals surface area contributed by atoms with Crippen molar-refractivity contribution in [3.8, 4) is 0 Å².